The summed E-state index contributed by atoms with van der Waals surface area (Å²) < 4.78 is 13.5. The third kappa shape index (κ3) is 2.34. The lowest BCUT2D eigenvalue weighted by Gasteiger charge is -2.75. The molecule has 1 aromatic heterocycles. The van der Waals surface area contributed by atoms with Crippen molar-refractivity contribution in [1.82, 2.24) is 9.88 Å². The monoisotopic (exact) mass is 488 g/mol. The van der Waals surface area contributed by atoms with Gasteiger partial charge in [0, 0.05) is 54.4 Å². The fraction of sp³-hybridized carbons (Fsp3) is 0.633. The molecule has 1 saturated heterocycles. The van der Waals surface area contributed by atoms with Crippen molar-refractivity contribution in [3.8, 4) is 11.5 Å². The highest BCUT2D eigenvalue weighted by Gasteiger charge is 2.82. The number of hydrogen-bond donors (Lipinski definition) is 2. The number of fused-ring (bicyclic) bond motifs is 2. The van der Waals surface area contributed by atoms with Gasteiger partial charge < -0.3 is 19.7 Å². The maximum Gasteiger partial charge on any atom is 0.165 e. The molecular weight excluding hydrogens is 452 g/mol. The largest absolute Gasteiger partial charge is 0.504 e. The molecule has 2 aliphatic heterocycles. The van der Waals surface area contributed by atoms with Gasteiger partial charge in [0.05, 0.1) is 5.60 Å². The van der Waals surface area contributed by atoms with Gasteiger partial charge in [0.2, 0.25) is 0 Å². The molecule has 9 rings (SSSR count). The van der Waals surface area contributed by atoms with Gasteiger partial charge in [-0.25, -0.2) is 0 Å². The van der Waals surface area contributed by atoms with Crippen molar-refractivity contribution in [1.29, 1.82) is 0 Å². The zero-order valence-electron chi connectivity index (χ0n) is 21.2. The van der Waals surface area contributed by atoms with E-state index < -0.39 is 11.2 Å². The molecule has 5 aliphatic carbocycles. The van der Waals surface area contributed by atoms with Gasteiger partial charge in [0.1, 0.15) is 11.7 Å². The fourth-order valence-corrected chi connectivity index (χ4v) is 9.95. The molecule has 7 aliphatic rings. The van der Waals surface area contributed by atoms with Crippen molar-refractivity contribution < 1.29 is 19.7 Å². The van der Waals surface area contributed by atoms with Crippen LogP contribution in [0.15, 0.2) is 36.7 Å². The first-order valence-corrected chi connectivity index (χ1v) is 13.8. The number of ether oxygens (including phenoxy) is 2. The number of nitrogens with zero attached hydrogens (tertiary/aromatic N) is 2. The molecule has 2 unspecified atom stereocenters. The van der Waals surface area contributed by atoms with Crippen LogP contribution in [-0.4, -0.2) is 58.0 Å². The lowest BCUT2D eigenvalue weighted by molar-refractivity contribution is -0.304. The van der Waals surface area contributed by atoms with E-state index in [0.29, 0.717) is 11.8 Å². The number of phenols is 1. The second-order valence-corrected chi connectivity index (χ2v) is 12.8. The van der Waals surface area contributed by atoms with Gasteiger partial charge >= 0.3 is 0 Å². The Bertz CT molecular complexity index is 1250. The minimum Gasteiger partial charge on any atom is -0.504 e. The average molecular weight is 489 g/mol. The maximum atomic E-state index is 12.3. The molecule has 5 fully saturated rings. The second kappa shape index (κ2) is 6.83. The predicted molar refractivity (Wildman–Crippen MR) is 134 cm³/mol. The van der Waals surface area contributed by atoms with Gasteiger partial charge in [-0.3, -0.25) is 9.88 Å². The van der Waals surface area contributed by atoms with E-state index in [-0.39, 0.29) is 28.6 Å². The minimum absolute atomic E-state index is 0.0151. The number of aliphatic hydroxyl groups is 1. The van der Waals surface area contributed by atoms with Gasteiger partial charge in [0.25, 0.3) is 0 Å². The zero-order valence-corrected chi connectivity index (χ0v) is 21.2. The van der Waals surface area contributed by atoms with Crippen LogP contribution in [0.4, 0.5) is 0 Å². The summed E-state index contributed by atoms with van der Waals surface area (Å²) in [5.74, 6) is 1.63. The highest BCUT2D eigenvalue weighted by Crippen LogP contribution is 2.78. The molecule has 7 atom stereocenters. The molecular formula is C30H36N2O4. The van der Waals surface area contributed by atoms with Crippen molar-refractivity contribution in [2.75, 3.05) is 20.2 Å². The van der Waals surface area contributed by atoms with Crippen LogP contribution < -0.4 is 4.74 Å². The minimum atomic E-state index is -1.09. The number of aromatic nitrogens is 1. The number of methoxy groups -OCH3 is 1. The summed E-state index contributed by atoms with van der Waals surface area (Å²) in [7, 11) is 1.81. The molecule has 0 amide bonds. The topological polar surface area (TPSA) is 75.0 Å². The predicted octanol–water partition coefficient (Wildman–Crippen LogP) is 3.92. The SMILES string of the molecule is CO[C@]12CCC3(C[C@@H]1[C@@](C)(O)c1ccncc1)C1Cc4ccc(O)c5c4[C@@]3(CCN1CC1CC1)[C@@H]2O5. The fourth-order valence-electron chi connectivity index (χ4n) is 9.95. The standard InChI is InChI=1S/C30H36N2O4/c1-27(34,20-7-12-31-13-8-20)22-16-28-9-10-30(22,35-2)26-29(28)11-14-32(17-18-3-4-18)23(28)15-19-5-6-21(33)25(36-26)24(19)29/h5-8,12-13,18,22-23,26,33-34H,3-4,9-11,14-17H2,1-2H3/t22-,23?,26+,27+,28?,29+,30-/m1/s1. The van der Waals surface area contributed by atoms with E-state index in [1.165, 1.54) is 30.5 Å². The van der Waals surface area contributed by atoms with Crippen molar-refractivity contribution in [2.45, 2.75) is 80.6 Å². The van der Waals surface area contributed by atoms with E-state index in [9.17, 15) is 10.2 Å². The highest BCUT2D eigenvalue weighted by atomic mass is 16.6. The van der Waals surface area contributed by atoms with Gasteiger partial charge in [-0.1, -0.05) is 6.07 Å². The Kier molecular flexibility index (Phi) is 4.15. The summed E-state index contributed by atoms with van der Waals surface area (Å²) in [6.07, 6.45) is 10.9. The van der Waals surface area contributed by atoms with Crippen LogP contribution in [-0.2, 0) is 22.2 Å². The normalized spacial score (nSPS) is 41.5. The number of aromatic hydroxyl groups is 1. The molecule has 2 N–H and O–H groups in total. The molecule has 4 saturated carbocycles. The first kappa shape index (κ1) is 21.9. The Morgan fingerprint density at radius 2 is 1.97 bits per heavy atom. The van der Waals surface area contributed by atoms with Crippen LogP contribution in [0.1, 0.15) is 62.1 Å². The van der Waals surface area contributed by atoms with E-state index in [0.717, 1.165) is 50.1 Å². The zero-order chi connectivity index (χ0) is 24.5. The third-order valence-corrected chi connectivity index (χ3v) is 11.6. The van der Waals surface area contributed by atoms with Crippen molar-refractivity contribution in [3.05, 3.63) is 53.3 Å². The average Bonchev–Trinajstić information content (AvgIpc) is 3.64. The number of phenolic OH excluding ortho intramolecular Hbond substituents is 1. The molecule has 2 spiro atoms. The van der Waals surface area contributed by atoms with Crippen molar-refractivity contribution >= 4 is 0 Å². The van der Waals surface area contributed by atoms with E-state index >= 15 is 0 Å². The number of pyridine rings is 1. The Balaban J connectivity index is 1.36. The van der Waals surface area contributed by atoms with Crippen LogP contribution in [0.3, 0.4) is 0 Å². The number of benzene rings is 1. The van der Waals surface area contributed by atoms with Crippen LogP contribution >= 0.6 is 0 Å². The lowest BCUT2D eigenvalue weighted by atomic mass is 9.33. The molecule has 6 nitrogen and oxygen atoms in total. The Morgan fingerprint density at radius 3 is 2.72 bits per heavy atom. The second-order valence-electron chi connectivity index (χ2n) is 12.8. The smallest absolute Gasteiger partial charge is 0.165 e. The van der Waals surface area contributed by atoms with E-state index in [2.05, 4.69) is 16.0 Å². The molecule has 190 valence electrons. The molecule has 6 heteroatoms. The first-order valence-electron chi connectivity index (χ1n) is 13.8. The van der Waals surface area contributed by atoms with Gasteiger partial charge in [0.15, 0.2) is 11.5 Å². The molecule has 1 aromatic carbocycles. The quantitative estimate of drug-likeness (QED) is 0.665. The molecule has 4 bridgehead atoms. The maximum absolute atomic E-state index is 12.3. The molecule has 2 aromatic rings. The van der Waals surface area contributed by atoms with E-state index in [1.54, 1.807) is 19.5 Å². The Labute approximate surface area is 212 Å². The van der Waals surface area contributed by atoms with Gasteiger partial charge in [-0.2, -0.15) is 0 Å². The molecule has 36 heavy (non-hydrogen) atoms. The summed E-state index contributed by atoms with van der Waals surface area (Å²) >= 11 is 0. The number of piperidine rings is 1. The number of rotatable bonds is 5. The highest BCUT2D eigenvalue weighted by molar-refractivity contribution is 5.63. The Hall–Kier alpha value is -2.15. The Morgan fingerprint density at radius 1 is 1.17 bits per heavy atom. The van der Waals surface area contributed by atoms with Crippen LogP contribution in [0.2, 0.25) is 0 Å². The summed E-state index contributed by atoms with van der Waals surface area (Å²) in [5, 5.41) is 23.3. The van der Waals surface area contributed by atoms with Crippen molar-refractivity contribution in [2.24, 2.45) is 17.3 Å². The third-order valence-electron chi connectivity index (χ3n) is 11.6. The summed E-state index contributed by atoms with van der Waals surface area (Å²) in [5.41, 5.74) is 1.56. The lowest BCUT2D eigenvalue weighted by Crippen LogP contribution is -2.82. The van der Waals surface area contributed by atoms with Crippen molar-refractivity contribution in [3.63, 3.8) is 0 Å². The van der Waals surface area contributed by atoms with Crippen LogP contribution in [0.5, 0.6) is 11.5 Å². The first-order chi connectivity index (χ1) is 17.4. The van der Waals surface area contributed by atoms with Gasteiger partial charge in [-0.15, -0.1) is 0 Å². The van der Waals surface area contributed by atoms with E-state index in [4.69, 9.17) is 9.47 Å². The number of hydrogen-bond acceptors (Lipinski definition) is 6. The summed E-state index contributed by atoms with van der Waals surface area (Å²) in [4.78, 5) is 7.01. The number of likely N-dealkylation sites (tertiary alicyclic amines) is 1. The van der Waals surface area contributed by atoms with E-state index in [1.807, 2.05) is 25.1 Å². The van der Waals surface area contributed by atoms with Gasteiger partial charge in [-0.05, 0) is 93.7 Å². The van der Waals surface area contributed by atoms with Crippen LogP contribution in [0, 0.1) is 17.3 Å². The molecule has 3 heterocycles. The van der Waals surface area contributed by atoms with Crippen LogP contribution in [0.25, 0.3) is 0 Å². The summed E-state index contributed by atoms with van der Waals surface area (Å²) in [6, 6.07) is 8.27. The summed E-state index contributed by atoms with van der Waals surface area (Å²) in [6.45, 7) is 4.22. The molecule has 0 radical (unpaired) electrons.